The lowest BCUT2D eigenvalue weighted by molar-refractivity contribution is -0.117. The zero-order chi connectivity index (χ0) is 23.1. The van der Waals surface area contributed by atoms with E-state index in [-0.39, 0.29) is 11.9 Å². The van der Waals surface area contributed by atoms with Crippen LogP contribution in [0.3, 0.4) is 0 Å². The van der Waals surface area contributed by atoms with Crippen LogP contribution in [0.15, 0.2) is 91.0 Å². The van der Waals surface area contributed by atoms with Crippen molar-refractivity contribution in [2.45, 2.75) is 51.5 Å². The molecule has 0 radical (unpaired) electrons. The van der Waals surface area contributed by atoms with Gasteiger partial charge in [-0.15, -0.1) is 0 Å². The lowest BCUT2D eigenvalue weighted by atomic mass is 9.99. The van der Waals surface area contributed by atoms with E-state index >= 15 is 0 Å². The van der Waals surface area contributed by atoms with E-state index in [2.05, 4.69) is 36.5 Å². The summed E-state index contributed by atoms with van der Waals surface area (Å²) in [6, 6.07) is 28.2. The SMILES string of the molecule is CCCCCCCOc1cccc(C=CC(=O)NC(Cc2ccccc2)c2ccccc2)c1. The van der Waals surface area contributed by atoms with Gasteiger partial charge in [0.25, 0.3) is 0 Å². The molecule has 3 rings (SSSR count). The summed E-state index contributed by atoms with van der Waals surface area (Å²) in [6.45, 7) is 2.95. The number of carbonyl (C=O) groups excluding carboxylic acids is 1. The molecule has 0 fully saturated rings. The van der Waals surface area contributed by atoms with Crippen molar-refractivity contribution in [2.75, 3.05) is 6.61 Å². The molecular weight excluding hydrogens is 406 g/mol. The van der Waals surface area contributed by atoms with Crippen molar-refractivity contribution in [3.8, 4) is 5.75 Å². The molecule has 3 heteroatoms. The van der Waals surface area contributed by atoms with E-state index in [0.717, 1.165) is 36.3 Å². The quantitative estimate of drug-likeness (QED) is 0.226. The van der Waals surface area contributed by atoms with E-state index < -0.39 is 0 Å². The van der Waals surface area contributed by atoms with E-state index in [4.69, 9.17) is 4.74 Å². The summed E-state index contributed by atoms with van der Waals surface area (Å²) in [7, 11) is 0. The first kappa shape index (κ1) is 24.3. The molecule has 33 heavy (non-hydrogen) atoms. The first-order chi connectivity index (χ1) is 16.2. The highest BCUT2D eigenvalue weighted by molar-refractivity contribution is 5.92. The molecular formula is C30H35NO2. The third-order valence-corrected chi connectivity index (χ3v) is 5.60. The van der Waals surface area contributed by atoms with Crippen molar-refractivity contribution < 1.29 is 9.53 Å². The lowest BCUT2D eigenvalue weighted by Gasteiger charge is -2.18. The number of rotatable bonds is 13. The first-order valence-electron chi connectivity index (χ1n) is 12.0. The van der Waals surface area contributed by atoms with Gasteiger partial charge in [-0.1, -0.05) is 105 Å². The molecule has 0 saturated carbocycles. The van der Waals surface area contributed by atoms with Crippen LogP contribution in [-0.4, -0.2) is 12.5 Å². The van der Waals surface area contributed by atoms with E-state index in [9.17, 15) is 4.79 Å². The van der Waals surface area contributed by atoms with Crippen molar-refractivity contribution in [3.05, 3.63) is 108 Å². The van der Waals surface area contributed by atoms with E-state index in [1.54, 1.807) is 6.08 Å². The van der Waals surface area contributed by atoms with E-state index in [0.29, 0.717) is 0 Å². The Labute approximate surface area is 198 Å². The highest BCUT2D eigenvalue weighted by Crippen LogP contribution is 2.19. The van der Waals surface area contributed by atoms with Crippen LogP contribution in [0.1, 0.15) is 61.8 Å². The number of ether oxygens (including phenoxy) is 1. The fourth-order valence-corrected chi connectivity index (χ4v) is 3.78. The average Bonchev–Trinajstić information content (AvgIpc) is 2.86. The Bertz CT molecular complexity index is 982. The zero-order valence-electron chi connectivity index (χ0n) is 19.6. The molecule has 1 atom stereocenters. The summed E-state index contributed by atoms with van der Waals surface area (Å²) in [5.74, 6) is 0.737. The largest absolute Gasteiger partial charge is 0.494 e. The molecule has 0 aliphatic heterocycles. The van der Waals surface area contributed by atoms with Crippen molar-refractivity contribution in [1.29, 1.82) is 0 Å². The summed E-state index contributed by atoms with van der Waals surface area (Å²) in [5.41, 5.74) is 3.24. The minimum Gasteiger partial charge on any atom is -0.494 e. The summed E-state index contributed by atoms with van der Waals surface area (Å²) in [5, 5.41) is 3.17. The average molecular weight is 442 g/mol. The highest BCUT2D eigenvalue weighted by atomic mass is 16.5. The Morgan fingerprint density at radius 1 is 0.879 bits per heavy atom. The second kappa shape index (κ2) is 13.9. The van der Waals surface area contributed by atoms with Crippen molar-refractivity contribution in [2.24, 2.45) is 0 Å². The second-order valence-corrected chi connectivity index (χ2v) is 8.33. The predicted octanol–water partition coefficient (Wildman–Crippen LogP) is 7.15. The maximum atomic E-state index is 12.7. The number of amides is 1. The van der Waals surface area contributed by atoms with Gasteiger partial charge in [-0.25, -0.2) is 0 Å². The molecule has 0 saturated heterocycles. The first-order valence-corrected chi connectivity index (χ1v) is 12.0. The molecule has 3 aromatic carbocycles. The number of carbonyl (C=O) groups is 1. The molecule has 0 aliphatic rings. The standard InChI is InChI=1S/C30H35NO2/c1-2-3-4-5-12-22-33-28-19-13-16-26(23-28)20-21-30(32)31-29(27-17-10-7-11-18-27)24-25-14-8-6-9-15-25/h6-11,13-21,23,29H,2-5,12,22,24H2,1H3,(H,31,32). The molecule has 1 unspecified atom stereocenters. The Morgan fingerprint density at radius 2 is 1.61 bits per heavy atom. The fraction of sp³-hybridized carbons (Fsp3) is 0.300. The molecule has 0 aliphatic carbocycles. The molecule has 0 heterocycles. The van der Waals surface area contributed by atoms with Crippen LogP contribution in [0.5, 0.6) is 5.75 Å². The lowest BCUT2D eigenvalue weighted by Crippen LogP contribution is -2.28. The number of benzene rings is 3. The Hall–Kier alpha value is -3.33. The third-order valence-electron chi connectivity index (χ3n) is 5.60. The van der Waals surface area contributed by atoms with Crippen molar-refractivity contribution >= 4 is 12.0 Å². The zero-order valence-corrected chi connectivity index (χ0v) is 19.6. The van der Waals surface area contributed by atoms with Crippen molar-refractivity contribution in [3.63, 3.8) is 0 Å². The normalized spacial score (nSPS) is 11.9. The molecule has 0 aromatic heterocycles. The van der Waals surface area contributed by atoms with Crippen LogP contribution >= 0.6 is 0 Å². The number of hydrogen-bond acceptors (Lipinski definition) is 2. The van der Waals surface area contributed by atoms with Crippen LogP contribution in [-0.2, 0) is 11.2 Å². The van der Waals surface area contributed by atoms with E-state index in [1.807, 2.05) is 66.7 Å². The third kappa shape index (κ3) is 8.97. The van der Waals surface area contributed by atoms with Gasteiger partial charge in [0.05, 0.1) is 12.6 Å². The maximum Gasteiger partial charge on any atom is 0.244 e. The smallest absolute Gasteiger partial charge is 0.244 e. The van der Waals surface area contributed by atoms with Crippen molar-refractivity contribution in [1.82, 2.24) is 5.32 Å². The topological polar surface area (TPSA) is 38.3 Å². The van der Waals surface area contributed by atoms with Gasteiger partial charge in [0, 0.05) is 6.08 Å². The Kier molecular flexibility index (Phi) is 10.3. The van der Waals surface area contributed by atoms with Crippen LogP contribution in [0.2, 0.25) is 0 Å². The molecule has 1 N–H and O–H groups in total. The monoisotopic (exact) mass is 441 g/mol. The second-order valence-electron chi connectivity index (χ2n) is 8.33. The van der Waals surface area contributed by atoms with E-state index in [1.165, 1.54) is 31.2 Å². The predicted molar refractivity (Wildman–Crippen MR) is 137 cm³/mol. The van der Waals surface area contributed by atoms with Gasteiger partial charge in [-0.3, -0.25) is 4.79 Å². The molecule has 0 spiro atoms. The van der Waals surface area contributed by atoms with Crippen LogP contribution in [0, 0.1) is 0 Å². The van der Waals surface area contributed by atoms with Gasteiger partial charge in [0.15, 0.2) is 0 Å². The summed E-state index contributed by atoms with van der Waals surface area (Å²) < 4.78 is 5.89. The molecule has 0 bridgehead atoms. The molecule has 172 valence electrons. The van der Waals surface area contributed by atoms with Gasteiger partial charge in [0.1, 0.15) is 5.75 Å². The fourth-order valence-electron chi connectivity index (χ4n) is 3.78. The summed E-state index contributed by atoms with van der Waals surface area (Å²) in [4.78, 5) is 12.7. The van der Waals surface area contributed by atoms with Gasteiger partial charge in [-0.05, 0) is 47.7 Å². The summed E-state index contributed by atoms with van der Waals surface area (Å²) in [6.07, 6.45) is 10.3. The van der Waals surface area contributed by atoms with Gasteiger partial charge >= 0.3 is 0 Å². The van der Waals surface area contributed by atoms with Gasteiger partial charge in [-0.2, -0.15) is 0 Å². The molecule has 3 nitrogen and oxygen atoms in total. The van der Waals surface area contributed by atoms with Crippen LogP contribution in [0.4, 0.5) is 0 Å². The van der Waals surface area contributed by atoms with Crippen LogP contribution in [0.25, 0.3) is 6.08 Å². The Morgan fingerprint density at radius 3 is 2.36 bits per heavy atom. The number of nitrogens with one attached hydrogen (secondary N) is 1. The molecule has 3 aromatic rings. The minimum absolute atomic E-state index is 0.0897. The summed E-state index contributed by atoms with van der Waals surface area (Å²) >= 11 is 0. The number of unbranched alkanes of at least 4 members (excludes halogenated alkanes) is 4. The minimum atomic E-state index is -0.109. The van der Waals surface area contributed by atoms with Crippen LogP contribution < -0.4 is 10.1 Å². The van der Waals surface area contributed by atoms with Gasteiger partial charge in [0.2, 0.25) is 5.91 Å². The number of hydrogen-bond donors (Lipinski definition) is 1. The maximum absolute atomic E-state index is 12.7. The highest BCUT2D eigenvalue weighted by Gasteiger charge is 2.14. The molecule has 1 amide bonds. The van der Waals surface area contributed by atoms with Gasteiger partial charge < -0.3 is 10.1 Å². The Balaban J connectivity index is 1.57.